The van der Waals surface area contributed by atoms with E-state index in [1.54, 1.807) is 11.3 Å². The lowest BCUT2D eigenvalue weighted by Gasteiger charge is -2.40. The molecule has 0 aromatic carbocycles. The minimum absolute atomic E-state index is 0.621. The van der Waals surface area contributed by atoms with E-state index >= 15 is 0 Å². The highest BCUT2D eigenvalue weighted by molar-refractivity contribution is 7.09. The lowest BCUT2D eigenvalue weighted by Crippen LogP contribution is -2.39. The third-order valence-electron chi connectivity index (χ3n) is 4.73. The van der Waals surface area contributed by atoms with Crippen LogP contribution in [0.25, 0.3) is 0 Å². The Kier molecular flexibility index (Phi) is 5.37. The van der Waals surface area contributed by atoms with Gasteiger partial charge in [-0.25, -0.2) is 4.98 Å². The van der Waals surface area contributed by atoms with Crippen LogP contribution < -0.4 is 5.32 Å². The number of likely N-dealkylation sites (tertiary alicyclic amines) is 1. The van der Waals surface area contributed by atoms with Gasteiger partial charge in [-0.2, -0.15) is 0 Å². The van der Waals surface area contributed by atoms with Crippen molar-refractivity contribution in [3.63, 3.8) is 0 Å². The molecule has 0 aliphatic carbocycles. The summed E-state index contributed by atoms with van der Waals surface area (Å²) in [6.45, 7) is 9.09. The van der Waals surface area contributed by atoms with Gasteiger partial charge >= 0.3 is 0 Å². The summed E-state index contributed by atoms with van der Waals surface area (Å²) in [5.74, 6) is 0. The number of rotatable bonds is 6. The predicted octanol–water partition coefficient (Wildman–Crippen LogP) is 3.26. The van der Waals surface area contributed by atoms with Crippen molar-refractivity contribution in [2.45, 2.75) is 52.6 Å². The third kappa shape index (κ3) is 3.77. The van der Waals surface area contributed by atoms with Crippen LogP contribution in [0.5, 0.6) is 0 Å². The Bertz CT molecular complexity index is 374. The molecule has 0 radical (unpaired) electrons. The predicted molar refractivity (Wildman–Crippen MR) is 82.4 cm³/mol. The molecule has 1 aliphatic rings. The van der Waals surface area contributed by atoms with E-state index < -0.39 is 0 Å². The molecule has 1 aliphatic heterocycles. The van der Waals surface area contributed by atoms with E-state index in [0.717, 1.165) is 13.1 Å². The number of hydrogen-bond donors (Lipinski definition) is 1. The van der Waals surface area contributed by atoms with Gasteiger partial charge in [-0.1, -0.05) is 26.7 Å². The molecule has 4 heteroatoms. The topological polar surface area (TPSA) is 28.2 Å². The molecule has 1 aromatic rings. The quantitative estimate of drug-likeness (QED) is 0.867. The maximum Gasteiger partial charge on any atom is 0.107 e. The van der Waals surface area contributed by atoms with Crippen LogP contribution in [0.2, 0.25) is 0 Å². The average molecular weight is 281 g/mol. The molecule has 19 heavy (non-hydrogen) atoms. The molecule has 0 saturated carbocycles. The van der Waals surface area contributed by atoms with Gasteiger partial charge in [-0.3, -0.25) is 4.90 Å². The summed E-state index contributed by atoms with van der Waals surface area (Å²) in [6, 6.07) is 0. The van der Waals surface area contributed by atoms with Crippen molar-refractivity contribution < 1.29 is 0 Å². The van der Waals surface area contributed by atoms with Gasteiger partial charge in [-0.15, -0.1) is 11.3 Å². The standard InChI is InChI=1S/C15H27N3S/c1-4-15(5-2)6-8-18(9-7-15)11-13-12-19-14(17-13)10-16-3/h12,16H,4-11H2,1-3H3. The molecule has 1 aromatic heterocycles. The number of hydrogen-bond acceptors (Lipinski definition) is 4. The Morgan fingerprint density at radius 3 is 2.58 bits per heavy atom. The molecule has 1 N–H and O–H groups in total. The third-order valence-corrected chi connectivity index (χ3v) is 5.63. The zero-order chi connectivity index (χ0) is 13.7. The Morgan fingerprint density at radius 1 is 1.32 bits per heavy atom. The van der Waals surface area contributed by atoms with Gasteiger partial charge < -0.3 is 5.32 Å². The number of piperidine rings is 1. The Hall–Kier alpha value is -0.450. The fourth-order valence-corrected chi connectivity index (χ4v) is 3.82. The summed E-state index contributed by atoms with van der Waals surface area (Å²) in [6.07, 6.45) is 5.38. The average Bonchev–Trinajstić information content (AvgIpc) is 2.88. The van der Waals surface area contributed by atoms with Crippen molar-refractivity contribution in [3.05, 3.63) is 16.1 Å². The summed E-state index contributed by atoms with van der Waals surface area (Å²) in [5, 5.41) is 6.58. The van der Waals surface area contributed by atoms with Crippen LogP contribution in [0.3, 0.4) is 0 Å². The summed E-state index contributed by atoms with van der Waals surface area (Å²) in [4.78, 5) is 7.26. The molecule has 2 rings (SSSR count). The fraction of sp³-hybridized carbons (Fsp3) is 0.800. The number of aromatic nitrogens is 1. The summed E-state index contributed by atoms with van der Waals surface area (Å²) in [5.41, 5.74) is 1.87. The van der Waals surface area contributed by atoms with E-state index in [4.69, 9.17) is 0 Å². The van der Waals surface area contributed by atoms with Crippen molar-refractivity contribution in [1.29, 1.82) is 0 Å². The maximum atomic E-state index is 4.69. The lowest BCUT2D eigenvalue weighted by molar-refractivity contribution is 0.0902. The first-order valence-corrected chi connectivity index (χ1v) is 8.39. The Morgan fingerprint density at radius 2 is 2.00 bits per heavy atom. The van der Waals surface area contributed by atoms with Crippen molar-refractivity contribution in [2.75, 3.05) is 20.1 Å². The van der Waals surface area contributed by atoms with Gasteiger partial charge in [0.2, 0.25) is 0 Å². The van der Waals surface area contributed by atoms with Gasteiger partial charge in [0.15, 0.2) is 0 Å². The van der Waals surface area contributed by atoms with E-state index in [1.165, 1.54) is 49.5 Å². The van der Waals surface area contributed by atoms with Crippen LogP contribution in [-0.2, 0) is 13.1 Å². The molecule has 108 valence electrons. The van der Waals surface area contributed by atoms with Crippen LogP contribution in [0.15, 0.2) is 5.38 Å². The zero-order valence-corrected chi connectivity index (χ0v) is 13.4. The lowest BCUT2D eigenvalue weighted by atomic mass is 9.74. The first-order chi connectivity index (χ1) is 9.21. The van der Waals surface area contributed by atoms with Gasteiger partial charge in [0.05, 0.1) is 5.69 Å². The first kappa shape index (κ1) is 14.9. The molecule has 1 saturated heterocycles. The minimum atomic E-state index is 0.621. The zero-order valence-electron chi connectivity index (χ0n) is 12.5. The Labute approximate surface area is 121 Å². The van der Waals surface area contributed by atoms with Crippen molar-refractivity contribution in [2.24, 2.45) is 5.41 Å². The fourth-order valence-electron chi connectivity index (χ4n) is 3.03. The van der Waals surface area contributed by atoms with E-state index in [2.05, 4.69) is 34.4 Å². The SMILES string of the molecule is CCC1(CC)CCN(Cc2csc(CNC)n2)CC1. The molecule has 0 amide bonds. The largest absolute Gasteiger partial charge is 0.314 e. The van der Waals surface area contributed by atoms with Crippen molar-refractivity contribution >= 4 is 11.3 Å². The molecule has 2 heterocycles. The molecular formula is C15H27N3S. The number of nitrogens with zero attached hydrogens (tertiary/aromatic N) is 2. The maximum absolute atomic E-state index is 4.69. The van der Waals surface area contributed by atoms with Gasteiger partial charge in [0.25, 0.3) is 0 Å². The number of thiazole rings is 1. The first-order valence-electron chi connectivity index (χ1n) is 7.51. The minimum Gasteiger partial charge on any atom is -0.314 e. The highest BCUT2D eigenvalue weighted by atomic mass is 32.1. The normalized spacial score (nSPS) is 19.7. The van der Waals surface area contributed by atoms with Crippen LogP contribution >= 0.6 is 11.3 Å². The molecule has 1 fully saturated rings. The van der Waals surface area contributed by atoms with Crippen LogP contribution in [0.1, 0.15) is 50.2 Å². The second-order valence-corrected chi connectivity index (χ2v) is 6.69. The highest BCUT2D eigenvalue weighted by Gasteiger charge is 2.31. The molecule has 3 nitrogen and oxygen atoms in total. The summed E-state index contributed by atoms with van der Waals surface area (Å²) in [7, 11) is 1.97. The molecule has 0 atom stereocenters. The second-order valence-electron chi connectivity index (χ2n) is 5.75. The van der Waals surface area contributed by atoms with Crippen LogP contribution in [0.4, 0.5) is 0 Å². The van der Waals surface area contributed by atoms with E-state index in [-0.39, 0.29) is 0 Å². The van der Waals surface area contributed by atoms with Crippen LogP contribution in [-0.4, -0.2) is 30.0 Å². The van der Waals surface area contributed by atoms with Gasteiger partial charge in [-0.05, 0) is 38.4 Å². The molecule has 0 bridgehead atoms. The molecule has 0 spiro atoms. The highest BCUT2D eigenvalue weighted by Crippen LogP contribution is 2.38. The van der Waals surface area contributed by atoms with Crippen molar-refractivity contribution in [1.82, 2.24) is 15.2 Å². The Balaban J connectivity index is 1.84. The molecular weight excluding hydrogens is 254 g/mol. The van der Waals surface area contributed by atoms with Gasteiger partial charge in [0, 0.05) is 18.5 Å². The molecule has 0 unspecified atom stereocenters. The van der Waals surface area contributed by atoms with E-state index in [0.29, 0.717) is 5.41 Å². The summed E-state index contributed by atoms with van der Waals surface area (Å²) < 4.78 is 0. The van der Waals surface area contributed by atoms with E-state index in [1.807, 2.05) is 7.05 Å². The van der Waals surface area contributed by atoms with Gasteiger partial charge in [0.1, 0.15) is 5.01 Å². The summed E-state index contributed by atoms with van der Waals surface area (Å²) >= 11 is 1.77. The monoisotopic (exact) mass is 281 g/mol. The van der Waals surface area contributed by atoms with E-state index in [9.17, 15) is 0 Å². The van der Waals surface area contributed by atoms with Crippen LogP contribution in [0, 0.1) is 5.41 Å². The number of nitrogens with one attached hydrogen (secondary N) is 1. The van der Waals surface area contributed by atoms with Crippen molar-refractivity contribution in [3.8, 4) is 0 Å². The second kappa shape index (κ2) is 6.82. The smallest absolute Gasteiger partial charge is 0.107 e.